The molecule has 1 aromatic heterocycles. The quantitative estimate of drug-likeness (QED) is 0.884. The van der Waals surface area contributed by atoms with Gasteiger partial charge in [0.15, 0.2) is 0 Å². The van der Waals surface area contributed by atoms with Gasteiger partial charge in [0.1, 0.15) is 18.3 Å². The van der Waals surface area contributed by atoms with Crippen molar-refractivity contribution in [2.45, 2.75) is 32.1 Å². The Kier molecular flexibility index (Phi) is 4.88. The highest BCUT2D eigenvalue weighted by molar-refractivity contribution is 6.35. The summed E-state index contributed by atoms with van der Waals surface area (Å²) in [6.07, 6.45) is 1.81. The van der Waals surface area contributed by atoms with Crippen molar-refractivity contribution < 1.29 is 10.2 Å². The minimum Gasteiger partial charge on any atom is -0.389 e. The van der Waals surface area contributed by atoms with Crippen LogP contribution in [-0.4, -0.2) is 31.1 Å². The van der Waals surface area contributed by atoms with Crippen LogP contribution in [0.25, 0.3) is 0 Å². The van der Waals surface area contributed by atoms with Crippen molar-refractivity contribution in [1.29, 1.82) is 0 Å². The van der Waals surface area contributed by atoms with E-state index in [-0.39, 0.29) is 12.5 Å². The molecular formula is C14H17Cl2N3O2. The van der Waals surface area contributed by atoms with Crippen LogP contribution in [0.1, 0.15) is 19.4 Å². The lowest BCUT2D eigenvalue weighted by molar-refractivity contribution is -0.112. The largest absolute Gasteiger partial charge is 0.389 e. The third kappa shape index (κ3) is 3.37. The van der Waals surface area contributed by atoms with Crippen LogP contribution in [0.2, 0.25) is 10.0 Å². The first-order valence-electron chi connectivity index (χ1n) is 6.53. The summed E-state index contributed by atoms with van der Waals surface area (Å²) in [4.78, 5) is 3.85. The number of aliphatic hydroxyl groups excluding tert-OH is 1. The topological polar surface area (TPSA) is 71.2 Å². The Hall–Kier alpha value is -1.14. The van der Waals surface area contributed by atoms with E-state index in [0.717, 1.165) is 0 Å². The number of hydrogen-bond acceptors (Lipinski definition) is 4. The summed E-state index contributed by atoms with van der Waals surface area (Å²) in [5, 5.41) is 26.3. The molecule has 21 heavy (non-hydrogen) atoms. The summed E-state index contributed by atoms with van der Waals surface area (Å²) in [5.41, 5.74) is -1.19. The lowest BCUT2D eigenvalue weighted by Crippen LogP contribution is -2.46. The predicted octanol–water partition coefficient (Wildman–Crippen LogP) is 2.49. The smallest absolute Gasteiger partial charge is 0.137 e. The molecule has 114 valence electrons. The molecule has 0 saturated heterocycles. The summed E-state index contributed by atoms with van der Waals surface area (Å²) in [5.74, 6) is -0.176. The van der Waals surface area contributed by atoms with E-state index in [1.165, 1.54) is 23.4 Å². The highest BCUT2D eigenvalue weighted by Crippen LogP contribution is 2.36. The molecule has 0 radical (unpaired) electrons. The van der Waals surface area contributed by atoms with E-state index in [1.54, 1.807) is 12.1 Å². The third-order valence-electron chi connectivity index (χ3n) is 3.39. The number of halogens is 2. The molecule has 2 N–H and O–H groups in total. The van der Waals surface area contributed by atoms with E-state index < -0.39 is 11.7 Å². The van der Waals surface area contributed by atoms with Gasteiger partial charge in [0.2, 0.25) is 0 Å². The molecule has 0 aliphatic carbocycles. The van der Waals surface area contributed by atoms with Crippen molar-refractivity contribution in [3.05, 3.63) is 46.5 Å². The van der Waals surface area contributed by atoms with E-state index in [1.807, 2.05) is 13.8 Å². The van der Waals surface area contributed by atoms with E-state index in [2.05, 4.69) is 10.1 Å². The fourth-order valence-corrected chi connectivity index (χ4v) is 2.86. The van der Waals surface area contributed by atoms with Crippen LogP contribution in [0.15, 0.2) is 30.9 Å². The lowest BCUT2D eigenvalue weighted by Gasteiger charge is -2.36. The minimum atomic E-state index is -1.59. The number of benzene rings is 1. The first-order valence-corrected chi connectivity index (χ1v) is 7.28. The second-order valence-corrected chi connectivity index (χ2v) is 6.17. The molecule has 0 aliphatic rings. The molecule has 1 aromatic carbocycles. The average molecular weight is 330 g/mol. The summed E-state index contributed by atoms with van der Waals surface area (Å²) in [7, 11) is 0. The van der Waals surface area contributed by atoms with Crippen molar-refractivity contribution in [2.24, 2.45) is 5.92 Å². The summed E-state index contributed by atoms with van der Waals surface area (Å²) < 4.78 is 1.45. The second kappa shape index (κ2) is 6.32. The molecule has 0 unspecified atom stereocenters. The van der Waals surface area contributed by atoms with Gasteiger partial charge in [-0.3, -0.25) is 0 Å². The fourth-order valence-electron chi connectivity index (χ4n) is 2.29. The number of hydrogen-bond donors (Lipinski definition) is 2. The Labute approximate surface area is 133 Å². The van der Waals surface area contributed by atoms with Gasteiger partial charge in [0.25, 0.3) is 0 Å². The molecule has 0 spiro atoms. The summed E-state index contributed by atoms with van der Waals surface area (Å²) >= 11 is 12.1. The molecule has 0 fully saturated rings. The van der Waals surface area contributed by atoms with Gasteiger partial charge in [-0.05, 0) is 18.1 Å². The molecule has 0 bridgehead atoms. The van der Waals surface area contributed by atoms with Crippen molar-refractivity contribution >= 4 is 23.2 Å². The van der Waals surface area contributed by atoms with Crippen LogP contribution in [0.5, 0.6) is 0 Å². The van der Waals surface area contributed by atoms with Crippen LogP contribution in [0, 0.1) is 5.92 Å². The van der Waals surface area contributed by atoms with Gasteiger partial charge < -0.3 is 10.2 Å². The van der Waals surface area contributed by atoms with Gasteiger partial charge in [0, 0.05) is 15.6 Å². The summed E-state index contributed by atoms with van der Waals surface area (Å²) in [6, 6.07) is 4.78. The van der Waals surface area contributed by atoms with Crippen molar-refractivity contribution in [3.63, 3.8) is 0 Å². The molecule has 0 aliphatic heterocycles. The molecule has 2 aromatic rings. The van der Waals surface area contributed by atoms with Gasteiger partial charge >= 0.3 is 0 Å². The van der Waals surface area contributed by atoms with E-state index >= 15 is 0 Å². The molecular weight excluding hydrogens is 313 g/mol. The highest BCUT2D eigenvalue weighted by Gasteiger charge is 2.41. The van der Waals surface area contributed by atoms with Gasteiger partial charge in [-0.25, -0.2) is 9.67 Å². The monoisotopic (exact) mass is 329 g/mol. The van der Waals surface area contributed by atoms with Crippen LogP contribution in [0.3, 0.4) is 0 Å². The SMILES string of the molecule is CC(C)[C@H](O)[C@](O)(Cn1cncn1)c1ccc(Cl)cc1Cl. The Morgan fingerprint density at radius 2 is 2.05 bits per heavy atom. The first-order chi connectivity index (χ1) is 9.84. The lowest BCUT2D eigenvalue weighted by atomic mass is 9.82. The maximum Gasteiger partial charge on any atom is 0.137 e. The number of nitrogens with zero attached hydrogens (tertiary/aromatic N) is 3. The van der Waals surface area contributed by atoms with Crippen molar-refractivity contribution in [3.8, 4) is 0 Å². The standard InChI is InChI=1S/C14H17Cl2N3O2/c1-9(2)13(20)14(21,6-19-8-17-7-18-19)11-4-3-10(15)5-12(11)16/h3-5,7-9,13,20-21H,6H2,1-2H3/t13-,14-/m0/s1. The molecule has 2 rings (SSSR count). The first kappa shape index (κ1) is 16.2. The zero-order chi connectivity index (χ0) is 15.6. The Morgan fingerprint density at radius 3 is 2.57 bits per heavy atom. The van der Waals surface area contributed by atoms with Crippen molar-refractivity contribution in [1.82, 2.24) is 14.8 Å². The Bertz CT molecular complexity index is 604. The van der Waals surface area contributed by atoms with Crippen LogP contribution in [-0.2, 0) is 12.1 Å². The molecule has 5 nitrogen and oxygen atoms in total. The fraction of sp³-hybridized carbons (Fsp3) is 0.429. The molecule has 2 atom stereocenters. The zero-order valence-electron chi connectivity index (χ0n) is 11.7. The van der Waals surface area contributed by atoms with Crippen LogP contribution >= 0.6 is 23.2 Å². The molecule has 1 heterocycles. The van der Waals surface area contributed by atoms with E-state index in [9.17, 15) is 10.2 Å². The van der Waals surface area contributed by atoms with E-state index in [0.29, 0.717) is 15.6 Å². The van der Waals surface area contributed by atoms with Gasteiger partial charge in [-0.15, -0.1) is 0 Å². The third-order valence-corrected chi connectivity index (χ3v) is 3.94. The second-order valence-electron chi connectivity index (χ2n) is 5.33. The Morgan fingerprint density at radius 1 is 1.33 bits per heavy atom. The number of aliphatic hydroxyl groups is 2. The molecule has 0 amide bonds. The van der Waals surface area contributed by atoms with Gasteiger partial charge in [-0.1, -0.05) is 43.1 Å². The predicted molar refractivity (Wildman–Crippen MR) is 81.2 cm³/mol. The highest BCUT2D eigenvalue weighted by atomic mass is 35.5. The average Bonchev–Trinajstić information content (AvgIpc) is 2.89. The van der Waals surface area contributed by atoms with Gasteiger partial charge in [-0.2, -0.15) is 5.10 Å². The van der Waals surface area contributed by atoms with Gasteiger partial charge in [0.05, 0.1) is 12.6 Å². The zero-order valence-corrected chi connectivity index (χ0v) is 13.3. The van der Waals surface area contributed by atoms with Crippen LogP contribution < -0.4 is 0 Å². The number of rotatable bonds is 5. The number of aromatic nitrogens is 3. The summed E-state index contributed by atoms with van der Waals surface area (Å²) in [6.45, 7) is 3.68. The maximum atomic E-state index is 11.1. The molecule has 0 saturated carbocycles. The molecule has 7 heteroatoms. The van der Waals surface area contributed by atoms with Crippen LogP contribution in [0.4, 0.5) is 0 Å². The van der Waals surface area contributed by atoms with Crippen molar-refractivity contribution in [2.75, 3.05) is 0 Å². The maximum absolute atomic E-state index is 11.1. The van der Waals surface area contributed by atoms with E-state index in [4.69, 9.17) is 23.2 Å². The minimum absolute atomic E-state index is 0.0354. The Balaban J connectivity index is 2.49. The normalized spacial score (nSPS) is 16.0.